The molecule has 90 valence electrons. The van der Waals surface area contributed by atoms with Gasteiger partial charge in [-0.3, -0.25) is 4.98 Å². The molecule has 1 heterocycles. The van der Waals surface area contributed by atoms with Crippen LogP contribution in [-0.2, 0) is 0 Å². The van der Waals surface area contributed by atoms with Crippen LogP contribution in [0.2, 0.25) is 0 Å². The number of aromatic nitrogens is 2. The summed E-state index contributed by atoms with van der Waals surface area (Å²) in [6.07, 6.45) is 3.17. The molecule has 0 unspecified atom stereocenters. The average molecular weight is 264 g/mol. The zero-order valence-electron chi connectivity index (χ0n) is 9.33. The van der Waals surface area contributed by atoms with Gasteiger partial charge in [0.1, 0.15) is 5.82 Å². The van der Waals surface area contributed by atoms with Crippen molar-refractivity contribution in [3.8, 4) is 5.88 Å². The first-order valence-corrected chi connectivity index (χ1v) is 6.05. The largest absolute Gasteiger partial charge is 0.477 e. The summed E-state index contributed by atoms with van der Waals surface area (Å²) < 4.78 is 5.25. The Morgan fingerprint density at radius 3 is 2.62 bits per heavy atom. The first kappa shape index (κ1) is 13.3. The van der Waals surface area contributed by atoms with E-state index in [2.05, 4.69) is 15.3 Å². The molecule has 0 aromatic carbocycles. The molecule has 1 rings (SSSR count). The van der Waals surface area contributed by atoms with Gasteiger partial charge in [-0.2, -0.15) is 4.98 Å². The minimum atomic E-state index is -0.400. The van der Waals surface area contributed by atoms with Gasteiger partial charge in [0.05, 0.1) is 24.5 Å². The van der Waals surface area contributed by atoms with E-state index in [9.17, 15) is 0 Å². The Balaban J connectivity index is 2.76. The van der Waals surface area contributed by atoms with Gasteiger partial charge in [0.2, 0.25) is 5.88 Å². The van der Waals surface area contributed by atoms with Gasteiger partial charge in [-0.25, -0.2) is 0 Å². The van der Waals surface area contributed by atoms with Crippen LogP contribution in [0.4, 0.5) is 5.82 Å². The van der Waals surface area contributed by atoms with E-state index in [0.717, 1.165) is 0 Å². The number of rotatable bonds is 6. The lowest BCUT2D eigenvalue weighted by molar-refractivity contribution is 0.325. The van der Waals surface area contributed by atoms with Crippen LogP contribution in [0, 0.1) is 0 Å². The van der Waals surface area contributed by atoms with Crippen molar-refractivity contribution in [1.29, 1.82) is 0 Å². The standard InChI is InChI=1S/C10H15Cl2N3O/c1-3-16-9-5-13-4-8(14-9)15-10(2,6-11)7-12/h4-5H,3,6-7H2,1-2H3,(H,14,15). The number of alkyl halides is 2. The van der Waals surface area contributed by atoms with Crippen LogP contribution in [0.5, 0.6) is 5.88 Å². The van der Waals surface area contributed by atoms with Crippen LogP contribution in [0.1, 0.15) is 13.8 Å². The zero-order valence-corrected chi connectivity index (χ0v) is 10.8. The summed E-state index contributed by atoms with van der Waals surface area (Å²) in [4.78, 5) is 8.25. The van der Waals surface area contributed by atoms with E-state index >= 15 is 0 Å². The Bertz CT molecular complexity index is 332. The maximum absolute atomic E-state index is 5.83. The highest BCUT2D eigenvalue weighted by molar-refractivity contribution is 6.22. The molecule has 1 aromatic rings. The molecule has 0 amide bonds. The van der Waals surface area contributed by atoms with Gasteiger partial charge >= 0.3 is 0 Å². The quantitative estimate of drug-likeness (QED) is 0.802. The van der Waals surface area contributed by atoms with Crippen molar-refractivity contribution in [2.45, 2.75) is 19.4 Å². The molecule has 0 fully saturated rings. The van der Waals surface area contributed by atoms with Crippen molar-refractivity contribution >= 4 is 29.0 Å². The summed E-state index contributed by atoms with van der Waals surface area (Å²) in [5.74, 6) is 1.86. The Hall–Kier alpha value is -0.740. The van der Waals surface area contributed by atoms with Crippen molar-refractivity contribution in [1.82, 2.24) is 9.97 Å². The van der Waals surface area contributed by atoms with Crippen LogP contribution in [0.3, 0.4) is 0 Å². The Labute approximate surface area is 105 Å². The summed E-state index contributed by atoms with van der Waals surface area (Å²) in [5.41, 5.74) is -0.400. The third kappa shape index (κ3) is 3.68. The topological polar surface area (TPSA) is 47.0 Å². The van der Waals surface area contributed by atoms with E-state index in [0.29, 0.717) is 30.1 Å². The SMILES string of the molecule is CCOc1cncc(NC(C)(CCl)CCl)n1. The fourth-order valence-electron chi connectivity index (χ4n) is 1.04. The maximum Gasteiger partial charge on any atom is 0.234 e. The number of nitrogens with one attached hydrogen (secondary N) is 1. The van der Waals surface area contributed by atoms with E-state index < -0.39 is 5.54 Å². The second-order valence-corrected chi connectivity index (χ2v) is 4.16. The molecule has 16 heavy (non-hydrogen) atoms. The predicted molar refractivity (Wildman–Crippen MR) is 66.7 cm³/mol. The summed E-state index contributed by atoms with van der Waals surface area (Å²) in [5, 5.41) is 3.14. The van der Waals surface area contributed by atoms with Crippen molar-refractivity contribution in [3.05, 3.63) is 12.4 Å². The van der Waals surface area contributed by atoms with Gasteiger partial charge in [-0.1, -0.05) is 0 Å². The second kappa shape index (κ2) is 6.11. The van der Waals surface area contributed by atoms with Gasteiger partial charge in [0, 0.05) is 11.8 Å². The lowest BCUT2D eigenvalue weighted by Gasteiger charge is -2.26. The van der Waals surface area contributed by atoms with Crippen LogP contribution in [0.15, 0.2) is 12.4 Å². The monoisotopic (exact) mass is 263 g/mol. The fraction of sp³-hybridized carbons (Fsp3) is 0.600. The highest BCUT2D eigenvalue weighted by atomic mass is 35.5. The molecule has 0 spiro atoms. The minimum Gasteiger partial charge on any atom is -0.477 e. The molecule has 4 nitrogen and oxygen atoms in total. The van der Waals surface area contributed by atoms with E-state index in [1.54, 1.807) is 12.4 Å². The Morgan fingerprint density at radius 2 is 2.06 bits per heavy atom. The van der Waals surface area contributed by atoms with Gasteiger partial charge in [0.25, 0.3) is 0 Å². The first-order valence-electron chi connectivity index (χ1n) is 4.98. The van der Waals surface area contributed by atoms with Crippen LogP contribution >= 0.6 is 23.2 Å². The maximum atomic E-state index is 5.83. The number of hydrogen-bond donors (Lipinski definition) is 1. The summed E-state index contributed by atoms with van der Waals surface area (Å²) in [6.45, 7) is 4.37. The molecule has 1 N–H and O–H groups in total. The van der Waals surface area contributed by atoms with Crippen molar-refractivity contribution < 1.29 is 4.74 Å². The van der Waals surface area contributed by atoms with Crippen molar-refractivity contribution in [3.63, 3.8) is 0 Å². The molecular weight excluding hydrogens is 249 g/mol. The molecule has 0 bridgehead atoms. The molecule has 0 radical (unpaired) electrons. The third-order valence-electron chi connectivity index (χ3n) is 1.92. The summed E-state index contributed by atoms with van der Waals surface area (Å²) >= 11 is 11.7. The number of ether oxygens (including phenoxy) is 1. The van der Waals surface area contributed by atoms with E-state index in [1.165, 1.54) is 0 Å². The van der Waals surface area contributed by atoms with Gasteiger partial charge in [0.15, 0.2) is 0 Å². The molecule has 0 aliphatic carbocycles. The second-order valence-electron chi connectivity index (χ2n) is 3.63. The van der Waals surface area contributed by atoms with Crippen LogP contribution in [0.25, 0.3) is 0 Å². The molecule has 0 aliphatic rings. The first-order chi connectivity index (χ1) is 7.63. The average Bonchev–Trinajstić information content (AvgIpc) is 2.30. The highest BCUT2D eigenvalue weighted by Gasteiger charge is 2.22. The van der Waals surface area contributed by atoms with Crippen molar-refractivity contribution in [2.24, 2.45) is 0 Å². The van der Waals surface area contributed by atoms with Gasteiger partial charge in [-0.15, -0.1) is 23.2 Å². The molecule has 0 saturated heterocycles. The molecule has 1 aromatic heterocycles. The Kier molecular flexibility index (Phi) is 5.09. The minimum absolute atomic E-state index is 0.386. The molecule has 6 heteroatoms. The van der Waals surface area contributed by atoms with Gasteiger partial charge < -0.3 is 10.1 Å². The van der Waals surface area contributed by atoms with E-state index in [-0.39, 0.29) is 0 Å². The fourth-order valence-corrected chi connectivity index (χ4v) is 1.46. The lowest BCUT2D eigenvalue weighted by atomic mass is 10.1. The van der Waals surface area contributed by atoms with Crippen LogP contribution < -0.4 is 10.1 Å². The highest BCUT2D eigenvalue weighted by Crippen LogP contribution is 2.17. The Morgan fingerprint density at radius 1 is 1.38 bits per heavy atom. The molecule has 0 saturated carbocycles. The number of hydrogen-bond acceptors (Lipinski definition) is 4. The van der Waals surface area contributed by atoms with Gasteiger partial charge in [-0.05, 0) is 13.8 Å². The molecule has 0 atom stereocenters. The normalized spacial score (nSPS) is 11.2. The lowest BCUT2D eigenvalue weighted by Crippen LogP contribution is -2.39. The van der Waals surface area contributed by atoms with E-state index in [4.69, 9.17) is 27.9 Å². The van der Waals surface area contributed by atoms with E-state index in [1.807, 2.05) is 13.8 Å². The van der Waals surface area contributed by atoms with Crippen LogP contribution in [-0.4, -0.2) is 33.9 Å². The summed E-state index contributed by atoms with van der Waals surface area (Å²) in [7, 11) is 0. The van der Waals surface area contributed by atoms with Crippen molar-refractivity contribution in [2.75, 3.05) is 23.7 Å². The third-order valence-corrected chi connectivity index (χ3v) is 3.10. The smallest absolute Gasteiger partial charge is 0.234 e. The molecule has 0 aliphatic heterocycles. The predicted octanol–water partition coefficient (Wildman–Crippen LogP) is 2.52. The number of halogens is 2. The summed E-state index contributed by atoms with van der Waals surface area (Å²) in [6, 6.07) is 0. The molecular formula is C10H15Cl2N3O. The zero-order chi connectivity index (χ0) is 12.0. The number of nitrogens with zero attached hydrogens (tertiary/aromatic N) is 2. The number of anilines is 1.